The van der Waals surface area contributed by atoms with Crippen molar-refractivity contribution in [3.63, 3.8) is 0 Å². The molecule has 0 aliphatic heterocycles. The molecule has 1 rings (SSSR count). The topological polar surface area (TPSA) is 119 Å². The van der Waals surface area contributed by atoms with Crippen LogP contribution in [0.15, 0.2) is 18.2 Å². The fraction of sp³-hybridized carbons (Fsp3) is 0.429. The predicted octanol–water partition coefficient (Wildman–Crippen LogP) is 0.853. The van der Waals surface area contributed by atoms with E-state index in [1.165, 1.54) is 18.2 Å². The molecule has 21 heavy (non-hydrogen) atoms. The van der Waals surface area contributed by atoms with Crippen LogP contribution in [0.3, 0.4) is 0 Å². The summed E-state index contributed by atoms with van der Waals surface area (Å²) >= 11 is 0. The monoisotopic (exact) mass is 294 g/mol. The minimum absolute atomic E-state index is 0.238. The van der Waals surface area contributed by atoms with Crippen LogP contribution < -0.4 is 27.3 Å². The Hall–Kier alpha value is -2.12. The second-order valence-corrected chi connectivity index (χ2v) is 4.60. The molecule has 0 spiro atoms. The number of amides is 2. The SMILES string of the molecule is CCCCCCOc1cc(C(=O)NN)cc(C(=O)NN)c1. The number of rotatable bonds is 8. The fourth-order valence-electron chi connectivity index (χ4n) is 1.83. The third-order valence-corrected chi connectivity index (χ3v) is 2.96. The Labute approximate surface area is 124 Å². The molecule has 0 saturated carbocycles. The highest BCUT2D eigenvalue weighted by atomic mass is 16.5. The van der Waals surface area contributed by atoms with Crippen LogP contribution >= 0.6 is 0 Å². The molecule has 0 fully saturated rings. The van der Waals surface area contributed by atoms with E-state index in [9.17, 15) is 9.59 Å². The van der Waals surface area contributed by atoms with Crippen molar-refractivity contribution >= 4 is 11.8 Å². The third kappa shape index (κ3) is 5.41. The molecular weight excluding hydrogens is 272 g/mol. The van der Waals surface area contributed by atoms with E-state index in [-0.39, 0.29) is 11.1 Å². The van der Waals surface area contributed by atoms with Crippen molar-refractivity contribution in [2.24, 2.45) is 11.7 Å². The molecule has 0 aliphatic carbocycles. The first kappa shape index (κ1) is 16.9. The van der Waals surface area contributed by atoms with E-state index in [4.69, 9.17) is 16.4 Å². The summed E-state index contributed by atoms with van der Waals surface area (Å²) < 4.78 is 5.58. The number of nitrogens with two attached hydrogens (primary N) is 2. The lowest BCUT2D eigenvalue weighted by atomic mass is 10.1. The zero-order chi connectivity index (χ0) is 15.7. The summed E-state index contributed by atoms with van der Waals surface area (Å²) in [5.74, 6) is 9.64. The van der Waals surface area contributed by atoms with Gasteiger partial charge in [-0.05, 0) is 24.6 Å². The zero-order valence-electron chi connectivity index (χ0n) is 12.1. The minimum Gasteiger partial charge on any atom is -0.494 e. The van der Waals surface area contributed by atoms with Gasteiger partial charge in [0.15, 0.2) is 0 Å². The number of nitrogens with one attached hydrogen (secondary N) is 2. The number of hydrogen-bond acceptors (Lipinski definition) is 5. The van der Waals surface area contributed by atoms with Crippen molar-refractivity contribution in [3.05, 3.63) is 29.3 Å². The average Bonchev–Trinajstić information content (AvgIpc) is 2.52. The highest BCUT2D eigenvalue weighted by Crippen LogP contribution is 2.18. The van der Waals surface area contributed by atoms with Crippen molar-refractivity contribution in [1.29, 1.82) is 0 Å². The molecule has 1 aromatic carbocycles. The van der Waals surface area contributed by atoms with Gasteiger partial charge in [-0.25, -0.2) is 11.7 Å². The lowest BCUT2D eigenvalue weighted by molar-refractivity contribution is 0.0953. The quantitative estimate of drug-likeness (QED) is 0.245. The van der Waals surface area contributed by atoms with E-state index in [0.717, 1.165) is 25.7 Å². The molecule has 0 unspecified atom stereocenters. The van der Waals surface area contributed by atoms with E-state index in [1.807, 2.05) is 10.9 Å². The Morgan fingerprint density at radius 3 is 2.05 bits per heavy atom. The van der Waals surface area contributed by atoms with Gasteiger partial charge in [0.05, 0.1) is 6.61 Å². The molecule has 1 aromatic rings. The summed E-state index contributed by atoms with van der Waals surface area (Å²) in [6.45, 7) is 2.66. The first-order valence-electron chi connectivity index (χ1n) is 6.92. The highest BCUT2D eigenvalue weighted by molar-refractivity contribution is 5.99. The highest BCUT2D eigenvalue weighted by Gasteiger charge is 2.12. The maximum absolute atomic E-state index is 11.6. The third-order valence-electron chi connectivity index (χ3n) is 2.96. The van der Waals surface area contributed by atoms with Gasteiger partial charge >= 0.3 is 0 Å². The van der Waals surface area contributed by atoms with Crippen molar-refractivity contribution in [2.45, 2.75) is 32.6 Å². The predicted molar refractivity (Wildman–Crippen MR) is 79.4 cm³/mol. The molecule has 0 heterocycles. The van der Waals surface area contributed by atoms with E-state index >= 15 is 0 Å². The second-order valence-electron chi connectivity index (χ2n) is 4.60. The van der Waals surface area contributed by atoms with Gasteiger partial charge in [-0.1, -0.05) is 26.2 Å². The van der Waals surface area contributed by atoms with Crippen LogP contribution in [-0.4, -0.2) is 18.4 Å². The maximum atomic E-state index is 11.6. The Balaban J connectivity index is 2.81. The second kappa shape index (κ2) is 8.93. The van der Waals surface area contributed by atoms with Gasteiger partial charge in [0.25, 0.3) is 11.8 Å². The Kier molecular flexibility index (Phi) is 7.20. The summed E-state index contributed by atoms with van der Waals surface area (Å²) in [6, 6.07) is 4.47. The lowest BCUT2D eigenvalue weighted by Gasteiger charge is -2.10. The molecule has 0 saturated heterocycles. The van der Waals surface area contributed by atoms with Gasteiger partial charge in [-0.3, -0.25) is 20.4 Å². The number of benzene rings is 1. The Bertz CT molecular complexity index is 457. The van der Waals surface area contributed by atoms with Crippen LogP contribution in [0.5, 0.6) is 5.75 Å². The number of hydrogen-bond donors (Lipinski definition) is 4. The number of nitrogen functional groups attached to an aromatic ring is 2. The summed E-state index contributed by atoms with van der Waals surface area (Å²) in [4.78, 5) is 23.2. The van der Waals surface area contributed by atoms with Crippen LogP contribution in [0.25, 0.3) is 0 Å². The van der Waals surface area contributed by atoms with Crippen molar-refractivity contribution in [3.8, 4) is 5.75 Å². The number of carbonyl (C=O) groups is 2. The van der Waals surface area contributed by atoms with Gasteiger partial charge < -0.3 is 4.74 Å². The lowest BCUT2D eigenvalue weighted by Crippen LogP contribution is -2.32. The molecule has 116 valence electrons. The first-order chi connectivity index (χ1) is 10.1. The molecule has 7 nitrogen and oxygen atoms in total. The normalized spacial score (nSPS) is 10.0. The van der Waals surface area contributed by atoms with Crippen LogP contribution in [0, 0.1) is 0 Å². The molecule has 6 N–H and O–H groups in total. The number of unbranched alkanes of at least 4 members (excludes halogenated alkanes) is 3. The largest absolute Gasteiger partial charge is 0.494 e. The van der Waals surface area contributed by atoms with Crippen LogP contribution in [0.1, 0.15) is 53.3 Å². The average molecular weight is 294 g/mol. The van der Waals surface area contributed by atoms with Gasteiger partial charge in [-0.15, -0.1) is 0 Å². The van der Waals surface area contributed by atoms with Crippen molar-refractivity contribution in [2.75, 3.05) is 6.61 Å². The summed E-state index contributed by atoms with van der Waals surface area (Å²) in [5.41, 5.74) is 4.51. The molecule has 0 radical (unpaired) electrons. The van der Waals surface area contributed by atoms with Gasteiger partial charge in [0, 0.05) is 11.1 Å². The zero-order valence-corrected chi connectivity index (χ0v) is 12.1. The van der Waals surface area contributed by atoms with Gasteiger partial charge in [0.1, 0.15) is 5.75 Å². The van der Waals surface area contributed by atoms with Gasteiger partial charge in [0.2, 0.25) is 0 Å². The smallest absolute Gasteiger partial charge is 0.265 e. The molecular formula is C14H22N4O3. The molecule has 7 heteroatoms. The Morgan fingerprint density at radius 2 is 1.57 bits per heavy atom. The van der Waals surface area contributed by atoms with E-state index in [0.29, 0.717) is 12.4 Å². The van der Waals surface area contributed by atoms with Crippen LogP contribution in [0.4, 0.5) is 0 Å². The molecule has 0 aromatic heterocycles. The Morgan fingerprint density at radius 1 is 1.00 bits per heavy atom. The summed E-state index contributed by atoms with van der Waals surface area (Å²) in [5, 5.41) is 0. The number of carbonyl (C=O) groups excluding carboxylic acids is 2. The maximum Gasteiger partial charge on any atom is 0.265 e. The molecule has 0 aliphatic rings. The van der Waals surface area contributed by atoms with Crippen LogP contribution in [0.2, 0.25) is 0 Å². The first-order valence-corrected chi connectivity index (χ1v) is 6.92. The van der Waals surface area contributed by atoms with E-state index in [1.54, 1.807) is 0 Å². The van der Waals surface area contributed by atoms with E-state index < -0.39 is 11.8 Å². The van der Waals surface area contributed by atoms with Gasteiger partial charge in [-0.2, -0.15) is 0 Å². The van der Waals surface area contributed by atoms with Crippen molar-refractivity contribution < 1.29 is 14.3 Å². The molecule has 0 bridgehead atoms. The minimum atomic E-state index is -0.502. The molecule has 0 atom stereocenters. The van der Waals surface area contributed by atoms with E-state index in [2.05, 4.69) is 6.92 Å². The summed E-state index contributed by atoms with van der Waals surface area (Å²) in [7, 11) is 0. The fourth-order valence-corrected chi connectivity index (χ4v) is 1.83. The molecule has 2 amide bonds. The van der Waals surface area contributed by atoms with Crippen molar-refractivity contribution in [1.82, 2.24) is 10.9 Å². The van der Waals surface area contributed by atoms with Crippen LogP contribution in [-0.2, 0) is 0 Å². The standard InChI is InChI=1S/C14H22N4O3/c1-2-3-4-5-6-21-12-8-10(13(19)17-15)7-11(9-12)14(20)18-16/h7-9H,2-6,15-16H2,1H3,(H,17,19)(H,18,20). The number of hydrazine groups is 2. The number of ether oxygens (including phenoxy) is 1. The summed E-state index contributed by atoms with van der Waals surface area (Å²) in [6.07, 6.45) is 4.29.